The quantitative estimate of drug-likeness (QED) is 0.870. The maximum absolute atomic E-state index is 11.8. The number of likely N-dealkylation sites (tertiary alicyclic amines) is 1. The monoisotopic (exact) mass is 237 g/mol. The van der Waals surface area contributed by atoms with Crippen molar-refractivity contribution in [1.82, 2.24) is 10.1 Å². The molecule has 0 spiro atoms. The average molecular weight is 237 g/mol. The summed E-state index contributed by atoms with van der Waals surface area (Å²) in [5.74, 6) is 1.18. The highest BCUT2D eigenvalue weighted by Gasteiger charge is 2.20. The topological polar surface area (TPSA) is 58.4 Å². The van der Waals surface area contributed by atoms with E-state index >= 15 is 0 Å². The highest BCUT2D eigenvalue weighted by molar-refractivity contribution is 5.91. The molecule has 0 radical (unpaired) electrons. The van der Waals surface area contributed by atoms with E-state index in [1.54, 1.807) is 13.0 Å². The van der Waals surface area contributed by atoms with Gasteiger partial charge in [-0.2, -0.15) is 0 Å². The predicted octanol–water partition coefficient (Wildman–Crippen LogP) is 1.80. The first-order chi connectivity index (χ1) is 8.15. The molecule has 17 heavy (non-hydrogen) atoms. The van der Waals surface area contributed by atoms with Gasteiger partial charge in [0.1, 0.15) is 5.76 Å². The van der Waals surface area contributed by atoms with Crippen LogP contribution in [0.25, 0.3) is 0 Å². The van der Waals surface area contributed by atoms with Crippen LogP contribution in [0.3, 0.4) is 0 Å². The lowest BCUT2D eigenvalue weighted by Crippen LogP contribution is -2.42. The van der Waals surface area contributed by atoms with Gasteiger partial charge in [0.15, 0.2) is 5.82 Å². The number of piperidine rings is 1. The van der Waals surface area contributed by atoms with Gasteiger partial charge in [-0.25, -0.2) is 0 Å². The van der Waals surface area contributed by atoms with Gasteiger partial charge in [0, 0.05) is 12.1 Å². The summed E-state index contributed by atoms with van der Waals surface area (Å²) in [6.07, 6.45) is 3.62. The molecule has 2 heterocycles. The molecule has 1 aromatic heterocycles. The van der Waals surface area contributed by atoms with Crippen molar-refractivity contribution in [2.75, 3.05) is 18.4 Å². The van der Waals surface area contributed by atoms with Crippen molar-refractivity contribution in [2.24, 2.45) is 0 Å². The maximum Gasteiger partial charge on any atom is 0.239 e. The lowest BCUT2D eigenvalue weighted by atomic mass is 10.0. The molecule has 1 N–H and O–H groups in total. The molecule has 1 atom stereocenters. The van der Waals surface area contributed by atoms with Gasteiger partial charge in [0.2, 0.25) is 5.91 Å². The molecule has 0 aromatic carbocycles. The van der Waals surface area contributed by atoms with E-state index in [-0.39, 0.29) is 5.91 Å². The van der Waals surface area contributed by atoms with Crippen molar-refractivity contribution in [2.45, 2.75) is 39.2 Å². The minimum Gasteiger partial charge on any atom is -0.360 e. The number of aryl methyl sites for hydroxylation is 1. The van der Waals surface area contributed by atoms with Crippen LogP contribution in [0.1, 0.15) is 31.9 Å². The van der Waals surface area contributed by atoms with E-state index in [4.69, 9.17) is 4.52 Å². The zero-order valence-electron chi connectivity index (χ0n) is 10.4. The lowest BCUT2D eigenvalue weighted by molar-refractivity contribution is -0.118. The van der Waals surface area contributed by atoms with Gasteiger partial charge < -0.3 is 9.84 Å². The summed E-state index contributed by atoms with van der Waals surface area (Å²) in [5, 5.41) is 6.49. The third kappa shape index (κ3) is 3.30. The van der Waals surface area contributed by atoms with Gasteiger partial charge in [0.05, 0.1) is 6.54 Å². The van der Waals surface area contributed by atoms with Crippen molar-refractivity contribution >= 4 is 11.7 Å². The zero-order chi connectivity index (χ0) is 12.3. The fourth-order valence-electron chi connectivity index (χ4n) is 2.18. The maximum atomic E-state index is 11.8. The van der Waals surface area contributed by atoms with E-state index in [2.05, 4.69) is 22.3 Å². The molecule has 0 aliphatic carbocycles. The molecule has 5 nitrogen and oxygen atoms in total. The van der Waals surface area contributed by atoms with E-state index in [1.165, 1.54) is 19.3 Å². The molecular weight excluding hydrogens is 218 g/mol. The molecule has 0 unspecified atom stereocenters. The summed E-state index contributed by atoms with van der Waals surface area (Å²) in [6, 6.07) is 2.21. The van der Waals surface area contributed by atoms with Gasteiger partial charge in [-0.1, -0.05) is 11.6 Å². The van der Waals surface area contributed by atoms with Crippen LogP contribution >= 0.6 is 0 Å². The van der Waals surface area contributed by atoms with Gasteiger partial charge >= 0.3 is 0 Å². The number of nitrogens with zero attached hydrogens (tertiary/aromatic N) is 2. The molecule has 1 aliphatic heterocycles. The number of nitrogens with one attached hydrogen (secondary N) is 1. The van der Waals surface area contributed by atoms with Gasteiger partial charge in [-0.3, -0.25) is 9.69 Å². The number of hydrogen-bond acceptors (Lipinski definition) is 4. The normalized spacial score (nSPS) is 21.4. The highest BCUT2D eigenvalue weighted by atomic mass is 16.5. The van der Waals surface area contributed by atoms with Crippen molar-refractivity contribution in [3.8, 4) is 0 Å². The van der Waals surface area contributed by atoms with E-state index in [0.717, 1.165) is 6.54 Å². The number of amides is 1. The molecule has 0 bridgehead atoms. The fraction of sp³-hybridized carbons (Fsp3) is 0.667. The average Bonchev–Trinajstić information content (AvgIpc) is 2.67. The number of hydrogen-bond donors (Lipinski definition) is 1. The molecule has 94 valence electrons. The first-order valence-electron chi connectivity index (χ1n) is 6.12. The Labute approximate surface area is 101 Å². The van der Waals surface area contributed by atoms with Crippen molar-refractivity contribution in [1.29, 1.82) is 0 Å². The van der Waals surface area contributed by atoms with Crippen molar-refractivity contribution in [3.05, 3.63) is 11.8 Å². The number of carbonyl (C=O) groups excluding carboxylic acids is 1. The van der Waals surface area contributed by atoms with Crippen LogP contribution in [0.2, 0.25) is 0 Å². The largest absolute Gasteiger partial charge is 0.360 e. The Balaban J connectivity index is 1.84. The second-order valence-corrected chi connectivity index (χ2v) is 4.69. The summed E-state index contributed by atoms with van der Waals surface area (Å²) < 4.78 is 4.90. The Morgan fingerprint density at radius 1 is 1.65 bits per heavy atom. The third-order valence-electron chi connectivity index (χ3n) is 3.18. The third-order valence-corrected chi connectivity index (χ3v) is 3.18. The summed E-state index contributed by atoms with van der Waals surface area (Å²) in [5.41, 5.74) is 0. The van der Waals surface area contributed by atoms with Crippen molar-refractivity contribution < 1.29 is 9.32 Å². The fourth-order valence-corrected chi connectivity index (χ4v) is 2.18. The Morgan fingerprint density at radius 3 is 3.12 bits per heavy atom. The summed E-state index contributed by atoms with van der Waals surface area (Å²) >= 11 is 0. The highest BCUT2D eigenvalue weighted by Crippen LogP contribution is 2.16. The first-order valence-corrected chi connectivity index (χ1v) is 6.12. The number of aromatic nitrogens is 1. The Bertz CT molecular complexity index is 389. The number of rotatable bonds is 3. The zero-order valence-corrected chi connectivity index (χ0v) is 10.4. The molecule has 1 fully saturated rings. The van der Waals surface area contributed by atoms with E-state index in [1.807, 2.05) is 0 Å². The first kappa shape index (κ1) is 12.1. The second kappa shape index (κ2) is 5.31. The predicted molar refractivity (Wildman–Crippen MR) is 64.8 cm³/mol. The van der Waals surface area contributed by atoms with Crippen LogP contribution in [0.4, 0.5) is 5.82 Å². The summed E-state index contributed by atoms with van der Waals surface area (Å²) in [4.78, 5) is 14.0. The molecule has 2 rings (SSSR count). The van der Waals surface area contributed by atoms with Crippen LogP contribution < -0.4 is 5.32 Å². The Kier molecular flexibility index (Phi) is 3.78. The standard InChI is InChI=1S/C12H19N3O2/c1-9-5-3-4-6-15(9)8-12(16)13-11-7-10(2)17-14-11/h7,9H,3-6,8H2,1-2H3,(H,13,14,16)/t9-/m1/s1. The Hall–Kier alpha value is -1.36. The smallest absolute Gasteiger partial charge is 0.239 e. The minimum absolute atomic E-state index is 0.0212. The number of carbonyl (C=O) groups is 1. The summed E-state index contributed by atoms with van der Waals surface area (Å²) in [6.45, 7) is 5.42. The SMILES string of the molecule is Cc1cc(NC(=O)CN2CCCC[C@H]2C)no1. The van der Waals surface area contributed by atoms with Crippen LogP contribution in [0.5, 0.6) is 0 Å². The Morgan fingerprint density at radius 2 is 2.47 bits per heavy atom. The van der Waals surface area contributed by atoms with Gasteiger partial charge in [-0.05, 0) is 33.2 Å². The number of anilines is 1. The molecule has 5 heteroatoms. The minimum atomic E-state index is -0.0212. The molecule has 0 saturated carbocycles. The molecule has 1 aliphatic rings. The molecule has 1 aromatic rings. The van der Waals surface area contributed by atoms with Crippen molar-refractivity contribution in [3.63, 3.8) is 0 Å². The van der Waals surface area contributed by atoms with E-state index in [0.29, 0.717) is 24.2 Å². The van der Waals surface area contributed by atoms with Crippen LogP contribution in [-0.4, -0.2) is 35.1 Å². The van der Waals surface area contributed by atoms with Crippen LogP contribution in [-0.2, 0) is 4.79 Å². The van der Waals surface area contributed by atoms with Gasteiger partial charge in [-0.15, -0.1) is 0 Å². The van der Waals surface area contributed by atoms with Crippen LogP contribution in [0.15, 0.2) is 10.6 Å². The van der Waals surface area contributed by atoms with E-state index in [9.17, 15) is 4.79 Å². The van der Waals surface area contributed by atoms with Crippen LogP contribution in [0, 0.1) is 6.92 Å². The molecular formula is C12H19N3O2. The molecule has 1 saturated heterocycles. The summed E-state index contributed by atoms with van der Waals surface area (Å²) in [7, 11) is 0. The molecule has 1 amide bonds. The second-order valence-electron chi connectivity index (χ2n) is 4.69. The van der Waals surface area contributed by atoms with E-state index < -0.39 is 0 Å². The van der Waals surface area contributed by atoms with Gasteiger partial charge in [0.25, 0.3) is 0 Å². The lowest BCUT2D eigenvalue weighted by Gasteiger charge is -2.32.